The van der Waals surface area contributed by atoms with Crippen LogP contribution in [0.3, 0.4) is 0 Å². The van der Waals surface area contributed by atoms with Gasteiger partial charge in [0, 0.05) is 17.3 Å². The van der Waals surface area contributed by atoms with Crippen molar-refractivity contribution in [1.29, 1.82) is 5.26 Å². The number of likely N-dealkylation sites (tertiary alicyclic amines) is 1. The van der Waals surface area contributed by atoms with Gasteiger partial charge in [-0.25, -0.2) is 0 Å². The Bertz CT molecular complexity index is 1240. The van der Waals surface area contributed by atoms with Crippen molar-refractivity contribution in [1.82, 2.24) is 25.7 Å². The number of carbonyl (C=O) groups is 3. The van der Waals surface area contributed by atoms with Gasteiger partial charge in [0.1, 0.15) is 17.8 Å². The van der Waals surface area contributed by atoms with Gasteiger partial charge in [-0.15, -0.1) is 0 Å². The molecule has 0 spiro atoms. The minimum atomic E-state index is -5.15. The van der Waals surface area contributed by atoms with Crippen molar-refractivity contribution in [3.8, 4) is 6.07 Å². The van der Waals surface area contributed by atoms with Crippen LogP contribution in [0.5, 0.6) is 0 Å². The molecule has 196 valence electrons. The van der Waals surface area contributed by atoms with Crippen molar-refractivity contribution in [2.45, 2.75) is 57.4 Å². The maximum absolute atomic E-state index is 13.6. The van der Waals surface area contributed by atoms with Crippen molar-refractivity contribution in [3.63, 3.8) is 0 Å². The number of nitrogens with one attached hydrogen (secondary N) is 2. The summed E-state index contributed by atoms with van der Waals surface area (Å²) in [5, 5.41) is 23.7. The second-order valence-electron chi connectivity index (χ2n) is 9.87. The van der Waals surface area contributed by atoms with Crippen molar-refractivity contribution in [2.24, 2.45) is 17.8 Å². The van der Waals surface area contributed by atoms with E-state index in [1.54, 1.807) is 29.6 Å². The van der Waals surface area contributed by atoms with E-state index in [4.69, 9.17) is 0 Å². The minimum absolute atomic E-state index is 0.00344. The molecule has 0 radical (unpaired) electrons. The molecule has 5 atom stereocenters. The quantitative estimate of drug-likeness (QED) is 0.608. The molecule has 2 aromatic rings. The van der Waals surface area contributed by atoms with E-state index in [1.807, 2.05) is 6.07 Å². The monoisotopic (exact) mass is 516 g/mol. The van der Waals surface area contributed by atoms with Gasteiger partial charge in [0.15, 0.2) is 6.04 Å². The van der Waals surface area contributed by atoms with Gasteiger partial charge in [-0.3, -0.25) is 14.4 Å². The van der Waals surface area contributed by atoms with E-state index in [9.17, 15) is 32.8 Å². The number of aromatic nitrogens is 2. The first-order chi connectivity index (χ1) is 17.5. The van der Waals surface area contributed by atoms with Crippen LogP contribution in [0.25, 0.3) is 10.8 Å². The minimum Gasteiger partial charge on any atom is -0.336 e. The first kappa shape index (κ1) is 26.3. The molecule has 12 heteroatoms. The third-order valence-corrected chi connectivity index (χ3v) is 7.21. The SMILES string of the molecule is CC(C)[C@H](NC(=O)C(F)(F)F)C(=O)N1C[C@@H]2CCC[C@@H]2[C@H]1C(=O)NC(C#N)c1nncc2ccccc12. The van der Waals surface area contributed by atoms with Crippen LogP contribution in [0.2, 0.25) is 0 Å². The highest BCUT2D eigenvalue weighted by atomic mass is 19.4. The number of carbonyl (C=O) groups excluding carboxylic acids is 3. The third kappa shape index (κ3) is 5.21. The zero-order valence-electron chi connectivity index (χ0n) is 20.3. The van der Waals surface area contributed by atoms with Crippen LogP contribution in [0, 0.1) is 29.1 Å². The number of amides is 3. The Morgan fingerprint density at radius 3 is 2.57 bits per heavy atom. The Morgan fingerprint density at radius 1 is 1.16 bits per heavy atom. The molecule has 2 aliphatic rings. The molecule has 2 fully saturated rings. The van der Waals surface area contributed by atoms with Gasteiger partial charge in [-0.1, -0.05) is 44.5 Å². The molecule has 1 unspecified atom stereocenters. The largest absolute Gasteiger partial charge is 0.471 e. The number of fused-ring (bicyclic) bond motifs is 2. The third-order valence-electron chi connectivity index (χ3n) is 7.21. The fraction of sp³-hybridized carbons (Fsp3) is 0.520. The highest BCUT2D eigenvalue weighted by Gasteiger charge is 2.52. The van der Waals surface area contributed by atoms with E-state index in [0.29, 0.717) is 11.8 Å². The lowest BCUT2D eigenvalue weighted by Gasteiger charge is -2.32. The Morgan fingerprint density at radius 2 is 1.89 bits per heavy atom. The summed E-state index contributed by atoms with van der Waals surface area (Å²) in [5.74, 6) is -4.40. The first-order valence-electron chi connectivity index (χ1n) is 12.1. The van der Waals surface area contributed by atoms with E-state index >= 15 is 0 Å². The van der Waals surface area contributed by atoms with Gasteiger partial charge < -0.3 is 15.5 Å². The molecule has 3 amide bonds. The Kier molecular flexibility index (Phi) is 7.34. The van der Waals surface area contributed by atoms with Crippen LogP contribution in [0.1, 0.15) is 44.8 Å². The zero-order valence-corrected chi connectivity index (χ0v) is 20.3. The molecule has 1 aromatic carbocycles. The standard InChI is InChI=1S/C25H27F3N6O3/c1-13(2)19(32-24(37)25(26,27)28)23(36)34-12-15-7-5-9-17(15)21(34)22(35)31-18(10-29)20-16-8-4-3-6-14(16)11-30-33-20/h3-4,6,8,11,13,15,17-19,21H,5,7,9,12H2,1-2H3,(H,31,35)(H,32,37)/t15-,17-,18?,19-,21-/m0/s1. The first-order valence-corrected chi connectivity index (χ1v) is 12.1. The Hall–Kier alpha value is -3.75. The van der Waals surface area contributed by atoms with Crippen LogP contribution in [0.4, 0.5) is 13.2 Å². The molecule has 0 bridgehead atoms. The molecule has 2 heterocycles. The molecule has 9 nitrogen and oxygen atoms in total. The smallest absolute Gasteiger partial charge is 0.336 e. The van der Waals surface area contributed by atoms with Gasteiger partial charge in [0.2, 0.25) is 11.8 Å². The maximum atomic E-state index is 13.6. The molecule has 1 aliphatic heterocycles. The van der Waals surface area contributed by atoms with Crippen LogP contribution in [-0.2, 0) is 14.4 Å². The topological polar surface area (TPSA) is 128 Å². The van der Waals surface area contributed by atoms with Gasteiger partial charge in [-0.2, -0.15) is 28.6 Å². The number of nitrogens with zero attached hydrogens (tertiary/aromatic N) is 4. The maximum Gasteiger partial charge on any atom is 0.471 e. The molecule has 37 heavy (non-hydrogen) atoms. The second kappa shape index (κ2) is 10.3. The fourth-order valence-corrected chi connectivity index (χ4v) is 5.44. The molecule has 1 saturated heterocycles. The highest BCUT2D eigenvalue weighted by molar-refractivity contribution is 5.94. The Labute approximate surface area is 211 Å². The van der Waals surface area contributed by atoms with Crippen molar-refractivity contribution < 1.29 is 27.6 Å². The summed E-state index contributed by atoms with van der Waals surface area (Å²) >= 11 is 0. The normalized spacial score (nSPS) is 22.8. The van der Waals surface area contributed by atoms with Gasteiger partial charge in [0.05, 0.1) is 12.3 Å². The lowest BCUT2D eigenvalue weighted by atomic mass is 9.93. The number of halogens is 3. The van der Waals surface area contributed by atoms with E-state index in [0.717, 1.165) is 18.2 Å². The summed E-state index contributed by atoms with van der Waals surface area (Å²) in [7, 11) is 0. The molecular formula is C25H27F3N6O3. The molecule has 1 aliphatic carbocycles. The van der Waals surface area contributed by atoms with E-state index < -0.39 is 47.9 Å². The Balaban J connectivity index is 1.61. The summed E-state index contributed by atoms with van der Waals surface area (Å²) < 4.78 is 38.8. The lowest BCUT2D eigenvalue weighted by Crippen LogP contribution is -2.58. The molecule has 4 rings (SSSR count). The van der Waals surface area contributed by atoms with Crippen LogP contribution < -0.4 is 10.6 Å². The second-order valence-corrected chi connectivity index (χ2v) is 9.87. The number of nitriles is 1. The average Bonchev–Trinajstić information content (AvgIpc) is 3.45. The molecular weight excluding hydrogens is 489 g/mol. The van der Waals surface area contributed by atoms with Crippen LogP contribution >= 0.6 is 0 Å². The van der Waals surface area contributed by atoms with Crippen molar-refractivity contribution >= 4 is 28.5 Å². The van der Waals surface area contributed by atoms with Gasteiger partial charge in [0.25, 0.3) is 0 Å². The summed E-state index contributed by atoms with van der Waals surface area (Å²) in [4.78, 5) is 40.0. The van der Waals surface area contributed by atoms with Gasteiger partial charge in [-0.05, 0) is 30.6 Å². The summed E-state index contributed by atoms with van der Waals surface area (Å²) in [5.41, 5.74) is 0.255. The van der Waals surface area contributed by atoms with E-state index in [-0.39, 0.29) is 24.1 Å². The number of rotatable bonds is 6. The molecule has 2 N–H and O–H groups in total. The number of benzene rings is 1. The predicted octanol–water partition coefficient (Wildman–Crippen LogP) is 2.64. The molecule has 1 saturated carbocycles. The predicted molar refractivity (Wildman–Crippen MR) is 125 cm³/mol. The summed E-state index contributed by atoms with van der Waals surface area (Å²) in [6.07, 6.45) is -1.31. The lowest BCUT2D eigenvalue weighted by molar-refractivity contribution is -0.175. The summed E-state index contributed by atoms with van der Waals surface area (Å²) in [6, 6.07) is 5.56. The fourth-order valence-electron chi connectivity index (χ4n) is 5.44. The average molecular weight is 517 g/mol. The van der Waals surface area contributed by atoms with Gasteiger partial charge >= 0.3 is 12.1 Å². The number of hydrogen-bond acceptors (Lipinski definition) is 6. The van der Waals surface area contributed by atoms with Crippen molar-refractivity contribution in [2.75, 3.05) is 6.54 Å². The van der Waals surface area contributed by atoms with E-state index in [2.05, 4.69) is 15.5 Å². The number of hydrogen-bond donors (Lipinski definition) is 2. The summed E-state index contributed by atoms with van der Waals surface area (Å²) in [6.45, 7) is 3.24. The van der Waals surface area contributed by atoms with Crippen molar-refractivity contribution in [3.05, 3.63) is 36.2 Å². The number of alkyl halides is 3. The van der Waals surface area contributed by atoms with E-state index in [1.165, 1.54) is 24.9 Å². The zero-order chi connectivity index (χ0) is 26.9. The van der Waals surface area contributed by atoms with Crippen LogP contribution in [0.15, 0.2) is 30.5 Å². The molecule has 1 aromatic heterocycles. The highest BCUT2D eigenvalue weighted by Crippen LogP contribution is 2.43. The van der Waals surface area contributed by atoms with Crippen LogP contribution in [-0.4, -0.2) is 57.6 Å².